The first kappa shape index (κ1) is 12.9. The zero-order chi connectivity index (χ0) is 12.3. The van der Waals surface area contributed by atoms with Crippen LogP contribution in [-0.4, -0.2) is 15.2 Å². The summed E-state index contributed by atoms with van der Waals surface area (Å²) in [5, 5.41) is 19.2. The molecule has 0 amide bonds. The van der Waals surface area contributed by atoms with Crippen LogP contribution in [0.2, 0.25) is 0 Å². The molecular formula is C12H20N2O2. The van der Waals surface area contributed by atoms with Crippen molar-refractivity contribution in [1.29, 1.82) is 0 Å². The number of aryl methyl sites for hydroxylation is 1. The van der Waals surface area contributed by atoms with Crippen molar-refractivity contribution in [2.45, 2.75) is 39.8 Å². The number of hydrogen-bond acceptors (Lipinski definition) is 4. The summed E-state index contributed by atoms with van der Waals surface area (Å²) in [6.07, 6.45) is 2.50. The van der Waals surface area contributed by atoms with E-state index in [0.29, 0.717) is 16.8 Å². The van der Waals surface area contributed by atoms with Gasteiger partial charge in [-0.3, -0.25) is 4.98 Å². The highest BCUT2D eigenvalue weighted by Gasteiger charge is 2.21. The molecule has 1 rings (SSSR count). The van der Waals surface area contributed by atoms with Crippen LogP contribution in [0.4, 0.5) is 0 Å². The largest absolute Gasteiger partial charge is 0.506 e. The number of pyridine rings is 1. The summed E-state index contributed by atoms with van der Waals surface area (Å²) in [6, 6.07) is -0.270. The number of hydrogen-bond donors (Lipinski definition) is 3. The number of aliphatic hydroxyl groups is 1. The zero-order valence-electron chi connectivity index (χ0n) is 10.1. The molecular weight excluding hydrogens is 204 g/mol. The molecule has 0 spiro atoms. The van der Waals surface area contributed by atoms with Gasteiger partial charge in [-0.1, -0.05) is 20.3 Å². The molecule has 2 atom stereocenters. The fourth-order valence-corrected chi connectivity index (χ4v) is 1.69. The lowest BCUT2D eigenvalue weighted by Crippen LogP contribution is -2.21. The van der Waals surface area contributed by atoms with Crippen LogP contribution < -0.4 is 5.73 Å². The van der Waals surface area contributed by atoms with Crippen molar-refractivity contribution in [1.82, 2.24) is 4.98 Å². The van der Waals surface area contributed by atoms with Gasteiger partial charge in [0, 0.05) is 23.4 Å². The average molecular weight is 224 g/mol. The van der Waals surface area contributed by atoms with Crippen molar-refractivity contribution in [3.63, 3.8) is 0 Å². The van der Waals surface area contributed by atoms with Crippen LogP contribution in [0.5, 0.6) is 5.75 Å². The van der Waals surface area contributed by atoms with Crippen LogP contribution in [0.1, 0.15) is 43.1 Å². The van der Waals surface area contributed by atoms with Crippen LogP contribution in [-0.2, 0) is 6.61 Å². The summed E-state index contributed by atoms with van der Waals surface area (Å²) in [5.41, 5.74) is 7.88. The van der Waals surface area contributed by atoms with Crippen LogP contribution in [0.25, 0.3) is 0 Å². The summed E-state index contributed by atoms with van der Waals surface area (Å²) in [5.74, 6) is 0.359. The molecule has 1 aromatic rings. The lowest BCUT2D eigenvalue weighted by Gasteiger charge is -2.22. The van der Waals surface area contributed by atoms with Gasteiger partial charge in [-0.15, -0.1) is 0 Å². The van der Waals surface area contributed by atoms with Crippen molar-refractivity contribution in [3.05, 3.63) is 23.0 Å². The van der Waals surface area contributed by atoms with Gasteiger partial charge >= 0.3 is 0 Å². The highest BCUT2D eigenvalue weighted by molar-refractivity contribution is 5.42. The molecule has 0 fully saturated rings. The highest BCUT2D eigenvalue weighted by atomic mass is 16.3. The van der Waals surface area contributed by atoms with Gasteiger partial charge < -0.3 is 15.9 Å². The van der Waals surface area contributed by atoms with E-state index in [9.17, 15) is 10.2 Å². The first-order valence-corrected chi connectivity index (χ1v) is 5.56. The fourth-order valence-electron chi connectivity index (χ4n) is 1.69. The van der Waals surface area contributed by atoms with E-state index in [4.69, 9.17) is 5.73 Å². The summed E-state index contributed by atoms with van der Waals surface area (Å²) in [7, 11) is 0. The standard InChI is InChI=1S/C12H20N2O2/c1-4-7(2)11(13)10-9(6-15)5-14-8(3)12(10)16/h5,7,11,15-16H,4,6,13H2,1-3H3/t7?,11-/m1/s1. The van der Waals surface area contributed by atoms with Crippen molar-refractivity contribution in [3.8, 4) is 5.75 Å². The van der Waals surface area contributed by atoms with E-state index in [0.717, 1.165) is 6.42 Å². The fraction of sp³-hybridized carbons (Fsp3) is 0.583. The Morgan fingerprint density at radius 1 is 1.50 bits per heavy atom. The molecule has 0 bridgehead atoms. The first-order valence-electron chi connectivity index (χ1n) is 5.56. The molecule has 4 nitrogen and oxygen atoms in total. The van der Waals surface area contributed by atoms with E-state index in [1.54, 1.807) is 13.1 Å². The van der Waals surface area contributed by atoms with Gasteiger partial charge in [-0.05, 0) is 12.8 Å². The van der Waals surface area contributed by atoms with Gasteiger partial charge in [0.2, 0.25) is 0 Å². The van der Waals surface area contributed by atoms with Crippen molar-refractivity contribution in [2.24, 2.45) is 11.7 Å². The maximum absolute atomic E-state index is 9.97. The molecule has 0 saturated carbocycles. The molecule has 4 heteroatoms. The maximum Gasteiger partial charge on any atom is 0.141 e. The Morgan fingerprint density at radius 3 is 2.62 bits per heavy atom. The van der Waals surface area contributed by atoms with Gasteiger partial charge in [-0.2, -0.15) is 0 Å². The second kappa shape index (κ2) is 5.27. The van der Waals surface area contributed by atoms with E-state index < -0.39 is 0 Å². The smallest absolute Gasteiger partial charge is 0.141 e. The molecule has 0 aliphatic carbocycles. The molecule has 4 N–H and O–H groups in total. The van der Waals surface area contributed by atoms with E-state index in [1.807, 2.05) is 13.8 Å². The van der Waals surface area contributed by atoms with E-state index in [2.05, 4.69) is 4.98 Å². The van der Waals surface area contributed by atoms with Crippen molar-refractivity contribution in [2.75, 3.05) is 0 Å². The second-order valence-corrected chi connectivity index (χ2v) is 4.20. The molecule has 16 heavy (non-hydrogen) atoms. The Labute approximate surface area is 96.1 Å². The van der Waals surface area contributed by atoms with Gasteiger partial charge in [0.25, 0.3) is 0 Å². The predicted octanol–water partition coefficient (Wildman–Crippen LogP) is 1.63. The number of aromatic hydroxyl groups is 1. The van der Waals surface area contributed by atoms with Gasteiger partial charge in [0.05, 0.1) is 12.3 Å². The second-order valence-electron chi connectivity index (χ2n) is 4.20. The normalized spacial score (nSPS) is 14.8. The van der Waals surface area contributed by atoms with Gasteiger partial charge in [-0.25, -0.2) is 0 Å². The van der Waals surface area contributed by atoms with Crippen LogP contribution in [0.3, 0.4) is 0 Å². The molecule has 0 saturated heterocycles. The first-order chi connectivity index (χ1) is 7.52. The molecule has 0 radical (unpaired) electrons. The number of aliphatic hydroxyl groups excluding tert-OH is 1. The molecule has 1 heterocycles. The maximum atomic E-state index is 9.97. The SMILES string of the molecule is CCC(C)[C@@H](N)c1c(CO)cnc(C)c1O. The minimum Gasteiger partial charge on any atom is -0.506 e. The molecule has 1 aromatic heterocycles. The zero-order valence-corrected chi connectivity index (χ0v) is 10.1. The Hall–Kier alpha value is -1.13. The summed E-state index contributed by atoms with van der Waals surface area (Å²) >= 11 is 0. The molecule has 0 aliphatic heterocycles. The Balaban J connectivity index is 3.23. The third-order valence-corrected chi connectivity index (χ3v) is 3.12. The topological polar surface area (TPSA) is 79.4 Å². The van der Waals surface area contributed by atoms with Gasteiger partial charge in [0.1, 0.15) is 5.75 Å². The Kier molecular flexibility index (Phi) is 4.26. The average Bonchev–Trinajstić information content (AvgIpc) is 2.30. The van der Waals surface area contributed by atoms with Gasteiger partial charge in [0.15, 0.2) is 0 Å². The van der Waals surface area contributed by atoms with Crippen LogP contribution in [0, 0.1) is 12.8 Å². The summed E-state index contributed by atoms with van der Waals surface area (Å²) < 4.78 is 0. The third kappa shape index (κ3) is 2.33. The minimum atomic E-state index is -0.270. The Morgan fingerprint density at radius 2 is 2.12 bits per heavy atom. The highest BCUT2D eigenvalue weighted by Crippen LogP contribution is 2.33. The number of aromatic nitrogens is 1. The van der Waals surface area contributed by atoms with E-state index in [1.165, 1.54) is 0 Å². The number of nitrogens with two attached hydrogens (primary N) is 1. The lowest BCUT2D eigenvalue weighted by atomic mass is 9.90. The summed E-state index contributed by atoms with van der Waals surface area (Å²) in [6.45, 7) is 5.65. The quantitative estimate of drug-likeness (QED) is 0.726. The molecule has 1 unspecified atom stereocenters. The molecule has 90 valence electrons. The third-order valence-electron chi connectivity index (χ3n) is 3.12. The van der Waals surface area contributed by atoms with Crippen LogP contribution >= 0.6 is 0 Å². The number of rotatable bonds is 4. The van der Waals surface area contributed by atoms with Crippen molar-refractivity contribution >= 4 is 0 Å². The minimum absolute atomic E-state index is 0.111. The molecule has 0 aliphatic rings. The van der Waals surface area contributed by atoms with E-state index >= 15 is 0 Å². The van der Waals surface area contributed by atoms with E-state index in [-0.39, 0.29) is 24.3 Å². The number of nitrogens with zero attached hydrogens (tertiary/aromatic N) is 1. The molecule has 0 aromatic carbocycles. The lowest BCUT2D eigenvalue weighted by molar-refractivity contribution is 0.276. The van der Waals surface area contributed by atoms with Crippen molar-refractivity contribution < 1.29 is 10.2 Å². The Bertz CT molecular complexity index is 366. The van der Waals surface area contributed by atoms with Crippen LogP contribution in [0.15, 0.2) is 6.20 Å². The summed E-state index contributed by atoms with van der Waals surface area (Å²) in [4.78, 5) is 4.01. The monoisotopic (exact) mass is 224 g/mol. The predicted molar refractivity (Wildman–Crippen MR) is 62.9 cm³/mol.